The van der Waals surface area contributed by atoms with Crippen molar-refractivity contribution in [1.29, 1.82) is 0 Å². The van der Waals surface area contributed by atoms with Crippen molar-refractivity contribution in [2.45, 2.75) is 19.8 Å². The van der Waals surface area contributed by atoms with Gasteiger partial charge in [0, 0.05) is 31.5 Å². The molecule has 3 aromatic rings. The first kappa shape index (κ1) is 18.0. The molecule has 0 unspecified atom stereocenters. The summed E-state index contributed by atoms with van der Waals surface area (Å²) in [5.41, 5.74) is 1.35. The molecule has 0 aliphatic carbocycles. The highest BCUT2D eigenvalue weighted by molar-refractivity contribution is 5.96. The number of aromatic nitrogens is 2. The zero-order chi connectivity index (χ0) is 19.5. The Labute approximate surface area is 161 Å². The lowest BCUT2D eigenvalue weighted by Crippen LogP contribution is -2.41. The Morgan fingerprint density at radius 2 is 1.93 bits per heavy atom. The zero-order valence-electron chi connectivity index (χ0n) is 15.4. The van der Waals surface area contributed by atoms with Crippen molar-refractivity contribution >= 4 is 17.5 Å². The van der Waals surface area contributed by atoms with Gasteiger partial charge in [-0.1, -0.05) is 17.3 Å². The van der Waals surface area contributed by atoms with Crippen LogP contribution >= 0.6 is 0 Å². The number of nitrogens with zero attached hydrogens (tertiary/aromatic N) is 3. The number of hydrogen-bond acceptors (Lipinski definition) is 6. The van der Waals surface area contributed by atoms with Crippen molar-refractivity contribution in [3.05, 3.63) is 54.3 Å². The zero-order valence-corrected chi connectivity index (χ0v) is 15.4. The number of likely N-dealkylation sites (tertiary alicyclic amines) is 1. The van der Waals surface area contributed by atoms with E-state index in [9.17, 15) is 9.59 Å². The fraction of sp³-hybridized carbons (Fsp3) is 0.300. The molecule has 8 nitrogen and oxygen atoms in total. The predicted octanol–water partition coefficient (Wildman–Crippen LogP) is 3.13. The molecule has 144 valence electrons. The van der Waals surface area contributed by atoms with Crippen LogP contribution in [0.3, 0.4) is 0 Å². The van der Waals surface area contributed by atoms with Crippen molar-refractivity contribution < 1.29 is 18.5 Å². The number of furan rings is 1. The van der Waals surface area contributed by atoms with Gasteiger partial charge in [0.25, 0.3) is 5.91 Å². The lowest BCUT2D eigenvalue weighted by atomic mass is 9.95. The number of benzene rings is 1. The van der Waals surface area contributed by atoms with Gasteiger partial charge in [-0.3, -0.25) is 9.59 Å². The van der Waals surface area contributed by atoms with Gasteiger partial charge in [0.2, 0.25) is 17.6 Å². The molecule has 0 bridgehead atoms. The first-order chi connectivity index (χ1) is 13.6. The first-order valence-electron chi connectivity index (χ1n) is 9.15. The number of para-hydroxylation sites is 1. The minimum Gasteiger partial charge on any atom is -0.459 e. The lowest BCUT2D eigenvalue weighted by molar-refractivity contribution is -0.121. The van der Waals surface area contributed by atoms with Gasteiger partial charge in [0.1, 0.15) is 0 Å². The van der Waals surface area contributed by atoms with E-state index in [1.165, 1.54) is 6.26 Å². The van der Waals surface area contributed by atoms with Gasteiger partial charge < -0.3 is 19.2 Å². The maximum atomic E-state index is 12.8. The molecule has 2 aromatic heterocycles. The Hall–Kier alpha value is -3.42. The van der Waals surface area contributed by atoms with Gasteiger partial charge in [-0.25, -0.2) is 0 Å². The fourth-order valence-electron chi connectivity index (χ4n) is 3.33. The number of piperidine rings is 1. The van der Waals surface area contributed by atoms with E-state index in [4.69, 9.17) is 8.94 Å². The molecule has 1 aliphatic heterocycles. The summed E-state index contributed by atoms with van der Waals surface area (Å²) in [5.74, 6) is 0.851. The van der Waals surface area contributed by atoms with Crippen molar-refractivity contribution in [1.82, 2.24) is 15.0 Å². The summed E-state index contributed by atoms with van der Waals surface area (Å²) in [6, 6.07) is 10.7. The summed E-state index contributed by atoms with van der Waals surface area (Å²) in [7, 11) is 0. The Kier molecular flexibility index (Phi) is 4.92. The fourth-order valence-corrected chi connectivity index (χ4v) is 3.33. The van der Waals surface area contributed by atoms with Crippen LogP contribution in [0.25, 0.3) is 11.4 Å². The van der Waals surface area contributed by atoms with E-state index in [2.05, 4.69) is 15.5 Å². The van der Waals surface area contributed by atoms with Crippen LogP contribution < -0.4 is 5.32 Å². The van der Waals surface area contributed by atoms with Crippen molar-refractivity contribution in [3.8, 4) is 11.4 Å². The SMILES string of the molecule is Cc1nc(-c2ccccc2NC(=O)C2CCN(C(=O)c3ccco3)CC2)no1. The second-order valence-corrected chi connectivity index (χ2v) is 6.72. The standard InChI is InChI=1S/C20H20N4O4/c1-13-21-18(23-28-13)15-5-2-3-6-16(15)22-19(25)14-8-10-24(11-9-14)20(26)17-7-4-12-27-17/h2-7,12,14H,8-11H2,1H3,(H,22,25). The van der Waals surface area contributed by atoms with Crippen LogP contribution in [0.4, 0.5) is 5.69 Å². The number of rotatable bonds is 4. The maximum absolute atomic E-state index is 12.8. The number of anilines is 1. The average Bonchev–Trinajstić information content (AvgIpc) is 3.40. The maximum Gasteiger partial charge on any atom is 0.289 e. The number of carbonyl (C=O) groups is 2. The highest BCUT2D eigenvalue weighted by Gasteiger charge is 2.29. The molecule has 3 heterocycles. The lowest BCUT2D eigenvalue weighted by Gasteiger charge is -2.30. The minimum absolute atomic E-state index is 0.0715. The van der Waals surface area contributed by atoms with Crippen LogP contribution in [0, 0.1) is 12.8 Å². The van der Waals surface area contributed by atoms with Gasteiger partial charge in [-0.05, 0) is 37.1 Å². The molecule has 0 spiro atoms. The number of aryl methyl sites for hydroxylation is 1. The summed E-state index contributed by atoms with van der Waals surface area (Å²) in [5, 5.41) is 6.91. The molecule has 1 saturated heterocycles. The largest absolute Gasteiger partial charge is 0.459 e. The van der Waals surface area contributed by atoms with Gasteiger partial charge >= 0.3 is 0 Å². The van der Waals surface area contributed by atoms with Gasteiger partial charge in [-0.15, -0.1) is 0 Å². The molecule has 1 aliphatic rings. The number of amides is 2. The van der Waals surface area contributed by atoms with Crippen LogP contribution in [0.5, 0.6) is 0 Å². The van der Waals surface area contributed by atoms with Gasteiger partial charge in [0.15, 0.2) is 5.76 Å². The minimum atomic E-state index is -0.166. The second kappa shape index (κ2) is 7.67. The molecule has 4 rings (SSSR count). The van der Waals surface area contributed by atoms with E-state index in [1.54, 1.807) is 24.0 Å². The molecule has 0 atom stereocenters. The quantitative estimate of drug-likeness (QED) is 0.746. The first-order valence-corrected chi connectivity index (χ1v) is 9.15. The van der Waals surface area contributed by atoms with Crippen molar-refractivity contribution in [2.75, 3.05) is 18.4 Å². The molecule has 8 heteroatoms. The Morgan fingerprint density at radius 1 is 1.14 bits per heavy atom. The van der Waals surface area contributed by atoms with Crippen LogP contribution in [0.15, 0.2) is 51.6 Å². The number of hydrogen-bond donors (Lipinski definition) is 1. The summed E-state index contributed by atoms with van der Waals surface area (Å²) in [6.45, 7) is 2.75. The van der Waals surface area contributed by atoms with E-state index < -0.39 is 0 Å². The normalized spacial score (nSPS) is 14.8. The molecule has 1 N–H and O–H groups in total. The number of nitrogens with one attached hydrogen (secondary N) is 1. The molecule has 0 radical (unpaired) electrons. The van der Waals surface area contributed by atoms with Crippen LogP contribution in [-0.2, 0) is 4.79 Å². The van der Waals surface area contributed by atoms with E-state index in [0.717, 1.165) is 0 Å². The third-order valence-electron chi connectivity index (χ3n) is 4.84. The highest BCUT2D eigenvalue weighted by Crippen LogP contribution is 2.27. The molecular weight excluding hydrogens is 360 g/mol. The van der Waals surface area contributed by atoms with Gasteiger partial charge in [0.05, 0.1) is 12.0 Å². The Balaban J connectivity index is 1.40. The second-order valence-electron chi connectivity index (χ2n) is 6.72. The van der Waals surface area contributed by atoms with E-state index in [1.807, 2.05) is 24.3 Å². The van der Waals surface area contributed by atoms with Crippen LogP contribution in [0.2, 0.25) is 0 Å². The monoisotopic (exact) mass is 380 g/mol. The summed E-state index contributed by atoms with van der Waals surface area (Å²) >= 11 is 0. The Bertz CT molecular complexity index is 972. The smallest absolute Gasteiger partial charge is 0.289 e. The average molecular weight is 380 g/mol. The van der Waals surface area contributed by atoms with Crippen molar-refractivity contribution in [2.24, 2.45) is 5.92 Å². The number of carbonyl (C=O) groups excluding carboxylic acids is 2. The van der Waals surface area contributed by atoms with E-state index in [0.29, 0.717) is 54.7 Å². The van der Waals surface area contributed by atoms with E-state index >= 15 is 0 Å². The molecule has 28 heavy (non-hydrogen) atoms. The predicted molar refractivity (Wildman–Crippen MR) is 100 cm³/mol. The topological polar surface area (TPSA) is 101 Å². The summed E-state index contributed by atoms with van der Waals surface area (Å²) in [4.78, 5) is 31.1. The highest BCUT2D eigenvalue weighted by atomic mass is 16.5. The Morgan fingerprint density at radius 3 is 2.61 bits per heavy atom. The third-order valence-corrected chi connectivity index (χ3v) is 4.84. The third kappa shape index (κ3) is 3.66. The molecule has 1 fully saturated rings. The van der Waals surface area contributed by atoms with Crippen LogP contribution in [-0.4, -0.2) is 39.9 Å². The van der Waals surface area contributed by atoms with Crippen molar-refractivity contribution in [3.63, 3.8) is 0 Å². The van der Waals surface area contributed by atoms with Crippen LogP contribution in [0.1, 0.15) is 29.3 Å². The van der Waals surface area contributed by atoms with Gasteiger partial charge in [-0.2, -0.15) is 4.98 Å². The molecule has 0 saturated carbocycles. The van der Waals surface area contributed by atoms with E-state index in [-0.39, 0.29) is 17.7 Å². The summed E-state index contributed by atoms with van der Waals surface area (Å²) in [6.07, 6.45) is 2.68. The molecule has 2 amide bonds. The summed E-state index contributed by atoms with van der Waals surface area (Å²) < 4.78 is 10.2. The molecular formula is C20H20N4O4. The molecule has 1 aromatic carbocycles.